The molecule has 12 heteroatoms. The molecule has 0 bridgehead atoms. The maximum Gasteiger partial charge on any atom is 0.328 e. The highest BCUT2D eigenvalue weighted by Gasteiger charge is 2.31. The fraction of sp³-hybridized carbons (Fsp3) is 0.688. The summed E-state index contributed by atoms with van der Waals surface area (Å²) in [6.07, 6.45) is -0.380. The van der Waals surface area contributed by atoms with Crippen LogP contribution in [0.15, 0.2) is 0 Å². The van der Waals surface area contributed by atoms with Crippen LogP contribution >= 0.6 is 0 Å². The molecule has 9 N–H and O–H groups in total. The average Bonchev–Trinajstić information content (AvgIpc) is 2.56. The van der Waals surface area contributed by atoms with Crippen molar-refractivity contribution in [3.05, 3.63) is 0 Å². The molecule has 0 radical (unpaired) electrons. The molecule has 0 spiro atoms. The number of rotatable bonds is 12. The Labute approximate surface area is 162 Å². The van der Waals surface area contributed by atoms with Crippen molar-refractivity contribution in [1.29, 1.82) is 0 Å². The monoisotopic (exact) mass is 403 g/mol. The van der Waals surface area contributed by atoms with Gasteiger partial charge < -0.3 is 37.6 Å². The molecule has 0 aromatic heterocycles. The van der Waals surface area contributed by atoms with Crippen LogP contribution in [0.4, 0.5) is 0 Å². The zero-order chi connectivity index (χ0) is 22.0. The minimum Gasteiger partial charge on any atom is -0.480 e. The molecule has 0 aromatic carbocycles. The second-order valence-corrected chi connectivity index (χ2v) is 6.79. The lowest BCUT2D eigenvalue weighted by Crippen LogP contribution is -2.58. The smallest absolute Gasteiger partial charge is 0.328 e. The summed E-state index contributed by atoms with van der Waals surface area (Å²) >= 11 is 0. The van der Waals surface area contributed by atoms with Crippen molar-refractivity contribution in [3.8, 4) is 0 Å². The normalized spacial score (nSPS) is 15.1. The van der Waals surface area contributed by atoms with Gasteiger partial charge in [-0.05, 0) is 19.3 Å². The van der Waals surface area contributed by atoms with E-state index in [2.05, 4.69) is 10.6 Å². The van der Waals surface area contributed by atoms with E-state index in [-0.39, 0.29) is 12.3 Å². The first-order chi connectivity index (χ1) is 12.9. The number of carbonyl (C=O) groups is 5. The second kappa shape index (κ2) is 11.9. The van der Waals surface area contributed by atoms with E-state index >= 15 is 0 Å². The predicted octanol–water partition coefficient (Wildman–Crippen LogP) is -3.21. The zero-order valence-corrected chi connectivity index (χ0v) is 16.1. The number of aliphatic hydroxyl groups is 1. The first-order valence-electron chi connectivity index (χ1n) is 8.67. The number of carboxylic acid groups (broad SMARTS) is 1. The molecule has 4 unspecified atom stereocenters. The first-order valence-corrected chi connectivity index (χ1v) is 8.67. The third-order valence-electron chi connectivity index (χ3n) is 3.59. The van der Waals surface area contributed by atoms with Crippen LogP contribution in [-0.4, -0.2) is 70.6 Å². The van der Waals surface area contributed by atoms with E-state index in [9.17, 15) is 24.0 Å². The summed E-state index contributed by atoms with van der Waals surface area (Å²) in [5.41, 5.74) is 10.6. The van der Waals surface area contributed by atoms with Crippen LogP contribution in [0.25, 0.3) is 0 Å². The van der Waals surface area contributed by atoms with Gasteiger partial charge in [0.1, 0.15) is 18.1 Å². The summed E-state index contributed by atoms with van der Waals surface area (Å²) < 4.78 is 0. The zero-order valence-electron chi connectivity index (χ0n) is 16.1. The Morgan fingerprint density at radius 1 is 0.857 bits per heavy atom. The Hall–Kier alpha value is -2.73. The van der Waals surface area contributed by atoms with Gasteiger partial charge >= 0.3 is 5.97 Å². The molecule has 4 atom stereocenters. The maximum absolute atomic E-state index is 12.6. The van der Waals surface area contributed by atoms with Gasteiger partial charge in [0.05, 0.1) is 19.1 Å². The van der Waals surface area contributed by atoms with Crippen LogP contribution in [-0.2, 0) is 24.0 Å². The maximum atomic E-state index is 12.6. The molecule has 0 aromatic rings. The molecular formula is C16H29N5O7. The Morgan fingerprint density at radius 2 is 1.32 bits per heavy atom. The molecular weight excluding hydrogens is 374 g/mol. The summed E-state index contributed by atoms with van der Waals surface area (Å²) in [4.78, 5) is 58.8. The summed E-state index contributed by atoms with van der Waals surface area (Å²) in [6.45, 7) is 4.16. The lowest BCUT2D eigenvalue weighted by molar-refractivity contribution is -0.143. The summed E-state index contributed by atoms with van der Waals surface area (Å²) in [5, 5.41) is 24.6. The standard InChI is InChI=1S/C16H29N5O7/c1-7(2)4-9(19-13(24)8(3)17)14(25)20-10(5-12(18)23)15(26)21-11(6-22)16(27)28/h7-11,22H,4-6,17H2,1-3H3,(H2,18,23)(H,19,24)(H,20,25)(H,21,26)(H,27,28). The van der Waals surface area contributed by atoms with Gasteiger partial charge in [0.2, 0.25) is 23.6 Å². The molecule has 0 saturated heterocycles. The number of aliphatic hydroxyl groups excluding tert-OH is 1. The molecule has 0 aliphatic carbocycles. The number of hydrogen-bond donors (Lipinski definition) is 7. The molecule has 0 fully saturated rings. The van der Waals surface area contributed by atoms with E-state index in [1.165, 1.54) is 6.92 Å². The Morgan fingerprint density at radius 3 is 1.71 bits per heavy atom. The van der Waals surface area contributed by atoms with Crippen molar-refractivity contribution in [2.45, 2.75) is 57.8 Å². The van der Waals surface area contributed by atoms with Gasteiger partial charge in [-0.1, -0.05) is 13.8 Å². The minimum atomic E-state index is -1.62. The van der Waals surface area contributed by atoms with Crippen LogP contribution in [0.5, 0.6) is 0 Å². The number of nitrogens with one attached hydrogen (secondary N) is 3. The van der Waals surface area contributed by atoms with Crippen molar-refractivity contribution in [3.63, 3.8) is 0 Å². The van der Waals surface area contributed by atoms with Gasteiger partial charge in [0.15, 0.2) is 0 Å². The lowest BCUT2D eigenvalue weighted by Gasteiger charge is -2.25. The average molecular weight is 403 g/mol. The van der Waals surface area contributed by atoms with Crippen LogP contribution < -0.4 is 27.4 Å². The number of nitrogens with two attached hydrogens (primary N) is 2. The SMILES string of the molecule is CC(C)CC(NC(=O)C(C)N)C(=O)NC(CC(N)=O)C(=O)NC(CO)C(=O)O. The number of aliphatic carboxylic acids is 1. The molecule has 0 saturated carbocycles. The molecule has 160 valence electrons. The van der Waals surface area contributed by atoms with Gasteiger partial charge in [-0.25, -0.2) is 4.79 Å². The Bertz CT molecular complexity index is 594. The van der Waals surface area contributed by atoms with Gasteiger partial charge in [-0.2, -0.15) is 0 Å². The van der Waals surface area contributed by atoms with Crippen molar-refractivity contribution >= 4 is 29.6 Å². The van der Waals surface area contributed by atoms with E-state index in [4.69, 9.17) is 21.7 Å². The van der Waals surface area contributed by atoms with Crippen LogP contribution in [0, 0.1) is 5.92 Å². The van der Waals surface area contributed by atoms with Crippen molar-refractivity contribution in [2.75, 3.05) is 6.61 Å². The van der Waals surface area contributed by atoms with E-state index < -0.39 is 66.8 Å². The quantitative estimate of drug-likeness (QED) is 0.175. The highest BCUT2D eigenvalue weighted by atomic mass is 16.4. The van der Waals surface area contributed by atoms with Crippen molar-refractivity contribution in [1.82, 2.24) is 16.0 Å². The molecule has 28 heavy (non-hydrogen) atoms. The molecule has 0 heterocycles. The summed E-state index contributed by atoms with van der Waals surface area (Å²) in [5.74, 6) is -4.78. The third kappa shape index (κ3) is 9.28. The predicted molar refractivity (Wildman–Crippen MR) is 97.4 cm³/mol. The molecule has 12 nitrogen and oxygen atoms in total. The first kappa shape index (κ1) is 25.3. The van der Waals surface area contributed by atoms with Crippen molar-refractivity contribution in [2.24, 2.45) is 17.4 Å². The molecule has 0 aliphatic rings. The number of carboxylic acids is 1. The third-order valence-corrected chi connectivity index (χ3v) is 3.59. The largest absolute Gasteiger partial charge is 0.480 e. The minimum absolute atomic E-state index is 0.00155. The molecule has 0 rings (SSSR count). The second-order valence-electron chi connectivity index (χ2n) is 6.79. The lowest BCUT2D eigenvalue weighted by atomic mass is 10.0. The summed E-state index contributed by atoms with van der Waals surface area (Å²) in [6, 6.07) is -5.01. The number of carbonyl (C=O) groups excluding carboxylic acids is 4. The van der Waals surface area contributed by atoms with Gasteiger partial charge in [0, 0.05) is 0 Å². The Kier molecular flexibility index (Phi) is 10.7. The van der Waals surface area contributed by atoms with Crippen LogP contribution in [0.2, 0.25) is 0 Å². The molecule has 0 aliphatic heterocycles. The Balaban J connectivity index is 5.36. The van der Waals surface area contributed by atoms with Gasteiger partial charge in [-0.3, -0.25) is 19.2 Å². The topological polar surface area (TPSA) is 214 Å². The van der Waals surface area contributed by atoms with Crippen molar-refractivity contribution < 1.29 is 34.2 Å². The number of primary amides is 1. The highest BCUT2D eigenvalue weighted by Crippen LogP contribution is 2.06. The van der Waals surface area contributed by atoms with Crippen LogP contribution in [0.1, 0.15) is 33.6 Å². The highest BCUT2D eigenvalue weighted by molar-refractivity contribution is 5.96. The summed E-state index contributed by atoms with van der Waals surface area (Å²) in [7, 11) is 0. The van der Waals surface area contributed by atoms with Crippen LogP contribution in [0.3, 0.4) is 0 Å². The van der Waals surface area contributed by atoms with Gasteiger partial charge in [0.25, 0.3) is 0 Å². The fourth-order valence-electron chi connectivity index (χ4n) is 2.15. The van der Waals surface area contributed by atoms with Gasteiger partial charge in [-0.15, -0.1) is 0 Å². The number of hydrogen-bond acceptors (Lipinski definition) is 7. The number of amides is 4. The van der Waals surface area contributed by atoms with E-state index in [0.29, 0.717) is 0 Å². The molecule has 4 amide bonds. The van der Waals surface area contributed by atoms with E-state index in [1.54, 1.807) is 0 Å². The van der Waals surface area contributed by atoms with E-state index in [0.717, 1.165) is 0 Å². The van der Waals surface area contributed by atoms with E-state index in [1.807, 2.05) is 19.2 Å². The fourth-order valence-corrected chi connectivity index (χ4v) is 2.15.